The van der Waals surface area contributed by atoms with Gasteiger partial charge in [-0.1, -0.05) is 36.4 Å². The first-order valence-corrected chi connectivity index (χ1v) is 9.85. The molecule has 0 aromatic heterocycles. The van der Waals surface area contributed by atoms with Crippen LogP contribution >= 0.6 is 0 Å². The maximum atomic E-state index is 12.7. The van der Waals surface area contributed by atoms with Crippen LogP contribution in [0.25, 0.3) is 0 Å². The number of benzene rings is 2. The van der Waals surface area contributed by atoms with E-state index in [2.05, 4.69) is 29.6 Å². The number of rotatable bonds is 7. The van der Waals surface area contributed by atoms with E-state index < -0.39 is 0 Å². The highest BCUT2D eigenvalue weighted by Crippen LogP contribution is 2.45. The third-order valence-corrected chi connectivity index (χ3v) is 5.98. The summed E-state index contributed by atoms with van der Waals surface area (Å²) < 4.78 is 16.5. The quantitative estimate of drug-likeness (QED) is 0.801. The van der Waals surface area contributed by atoms with Crippen molar-refractivity contribution < 1.29 is 19.0 Å². The zero-order valence-electron chi connectivity index (χ0n) is 16.4. The summed E-state index contributed by atoms with van der Waals surface area (Å²) in [4.78, 5) is 12.7. The minimum absolute atomic E-state index is 0.0423. The molecule has 1 saturated carbocycles. The first-order valence-electron chi connectivity index (χ1n) is 9.85. The third kappa shape index (κ3) is 3.72. The van der Waals surface area contributed by atoms with Crippen LogP contribution in [0.3, 0.4) is 0 Å². The molecule has 1 aliphatic heterocycles. The minimum Gasteiger partial charge on any atom is -0.493 e. The number of carbonyl (C=O) groups is 1. The van der Waals surface area contributed by atoms with Crippen molar-refractivity contribution in [1.82, 2.24) is 5.32 Å². The first-order chi connectivity index (χ1) is 13.7. The predicted octanol–water partition coefficient (Wildman–Crippen LogP) is 3.01. The lowest BCUT2D eigenvalue weighted by atomic mass is 9.64. The summed E-state index contributed by atoms with van der Waals surface area (Å²) in [6.45, 7) is 0.794. The highest BCUT2D eigenvalue weighted by molar-refractivity contribution is 5.79. The van der Waals surface area contributed by atoms with E-state index in [-0.39, 0.29) is 18.1 Å². The highest BCUT2D eigenvalue weighted by Gasteiger charge is 2.53. The van der Waals surface area contributed by atoms with Crippen LogP contribution in [-0.2, 0) is 22.4 Å². The minimum atomic E-state index is 0.0423. The average Bonchev–Trinajstić information content (AvgIpc) is 3.15. The monoisotopic (exact) mass is 381 g/mol. The third-order valence-electron chi connectivity index (χ3n) is 5.98. The van der Waals surface area contributed by atoms with Gasteiger partial charge in [0.05, 0.1) is 26.7 Å². The number of amides is 1. The summed E-state index contributed by atoms with van der Waals surface area (Å²) in [5.74, 6) is 2.12. The number of nitrogens with one attached hydrogen (secondary N) is 1. The molecule has 5 heteroatoms. The molecule has 2 aromatic rings. The zero-order valence-corrected chi connectivity index (χ0v) is 16.4. The topological polar surface area (TPSA) is 56.8 Å². The fraction of sp³-hybridized carbons (Fsp3) is 0.435. The van der Waals surface area contributed by atoms with Gasteiger partial charge in [-0.25, -0.2) is 0 Å². The number of hydrogen-bond donors (Lipinski definition) is 1. The lowest BCUT2D eigenvalue weighted by molar-refractivity contribution is -0.126. The van der Waals surface area contributed by atoms with Gasteiger partial charge in [0.15, 0.2) is 11.5 Å². The Hall–Kier alpha value is -2.53. The van der Waals surface area contributed by atoms with Gasteiger partial charge in [0.2, 0.25) is 5.91 Å². The molecular formula is C23H27NO4. The number of hydrogen-bond acceptors (Lipinski definition) is 4. The molecule has 1 heterocycles. The largest absolute Gasteiger partial charge is 0.493 e. The van der Waals surface area contributed by atoms with Gasteiger partial charge in [-0.05, 0) is 36.1 Å². The van der Waals surface area contributed by atoms with E-state index in [1.807, 2.05) is 24.3 Å². The van der Waals surface area contributed by atoms with Gasteiger partial charge in [0, 0.05) is 24.5 Å². The number of methoxy groups -OCH3 is 2. The van der Waals surface area contributed by atoms with E-state index in [9.17, 15) is 4.79 Å². The van der Waals surface area contributed by atoms with E-state index in [0.717, 1.165) is 25.0 Å². The zero-order chi connectivity index (χ0) is 19.5. The Kier molecular flexibility index (Phi) is 5.53. The molecule has 2 aliphatic rings. The molecular weight excluding hydrogens is 354 g/mol. The van der Waals surface area contributed by atoms with Gasteiger partial charge in [0.1, 0.15) is 0 Å². The van der Waals surface area contributed by atoms with Crippen molar-refractivity contribution in [2.24, 2.45) is 11.8 Å². The van der Waals surface area contributed by atoms with Gasteiger partial charge >= 0.3 is 0 Å². The summed E-state index contributed by atoms with van der Waals surface area (Å²) in [5.41, 5.74) is 2.20. The molecule has 1 aliphatic carbocycles. The van der Waals surface area contributed by atoms with Crippen molar-refractivity contribution in [2.75, 3.05) is 20.8 Å². The molecule has 148 valence electrons. The lowest BCUT2D eigenvalue weighted by Crippen LogP contribution is -2.62. The van der Waals surface area contributed by atoms with E-state index in [1.54, 1.807) is 14.2 Å². The van der Waals surface area contributed by atoms with Crippen LogP contribution in [-0.4, -0.2) is 38.9 Å². The summed E-state index contributed by atoms with van der Waals surface area (Å²) >= 11 is 0. The SMILES string of the molecule is COc1ccc(CC(=O)NC2C3CCOC3C2Cc2ccccc2)cc1OC. The van der Waals surface area contributed by atoms with Crippen molar-refractivity contribution in [1.29, 1.82) is 0 Å². The second kappa shape index (κ2) is 8.23. The van der Waals surface area contributed by atoms with E-state index in [4.69, 9.17) is 14.2 Å². The van der Waals surface area contributed by atoms with Crippen LogP contribution in [0.5, 0.6) is 11.5 Å². The molecule has 0 radical (unpaired) electrons. The molecule has 0 bridgehead atoms. The van der Waals surface area contributed by atoms with Gasteiger partial charge < -0.3 is 19.5 Å². The van der Waals surface area contributed by atoms with Gasteiger partial charge in [0.25, 0.3) is 0 Å². The van der Waals surface area contributed by atoms with Crippen molar-refractivity contribution in [3.63, 3.8) is 0 Å². The Bertz CT molecular complexity index is 823. The molecule has 0 spiro atoms. The second-order valence-corrected chi connectivity index (χ2v) is 7.60. The normalized spacial score (nSPS) is 25.5. The summed E-state index contributed by atoms with van der Waals surface area (Å²) in [7, 11) is 3.21. The number of carbonyl (C=O) groups excluding carboxylic acids is 1. The molecule has 5 nitrogen and oxygen atoms in total. The molecule has 4 atom stereocenters. The maximum absolute atomic E-state index is 12.7. The summed E-state index contributed by atoms with van der Waals surface area (Å²) in [6.07, 6.45) is 2.56. The first kappa shape index (κ1) is 18.8. The van der Waals surface area contributed by atoms with Crippen LogP contribution in [0.15, 0.2) is 48.5 Å². The molecule has 1 N–H and O–H groups in total. The Morgan fingerprint density at radius 1 is 1.07 bits per heavy atom. The van der Waals surface area contributed by atoms with Crippen LogP contribution in [0, 0.1) is 11.8 Å². The fourth-order valence-corrected chi connectivity index (χ4v) is 4.59. The van der Waals surface area contributed by atoms with Crippen LogP contribution in [0.4, 0.5) is 0 Å². The van der Waals surface area contributed by atoms with Crippen LogP contribution < -0.4 is 14.8 Å². The van der Waals surface area contributed by atoms with Crippen molar-refractivity contribution >= 4 is 5.91 Å². The molecule has 4 rings (SSSR count). The van der Waals surface area contributed by atoms with Crippen LogP contribution in [0.1, 0.15) is 17.5 Å². The second-order valence-electron chi connectivity index (χ2n) is 7.60. The summed E-state index contributed by atoms with van der Waals surface area (Å²) in [6, 6.07) is 16.2. The van der Waals surface area contributed by atoms with Crippen molar-refractivity contribution in [2.45, 2.75) is 31.4 Å². The molecule has 2 fully saturated rings. The number of ether oxygens (including phenoxy) is 3. The molecule has 28 heavy (non-hydrogen) atoms. The fourth-order valence-electron chi connectivity index (χ4n) is 4.59. The standard InChI is InChI=1S/C23H27NO4/c1-26-19-9-8-16(13-20(19)27-2)14-21(25)24-22-17-10-11-28-23(17)18(22)12-15-6-4-3-5-7-15/h3-9,13,17-18,22-23H,10-12,14H2,1-2H3,(H,24,25). The highest BCUT2D eigenvalue weighted by atomic mass is 16.5. The van der Waals surface area contributed by atoms with Crippen molar-refractivity contribution in [3.05, 3.63) is 59.7 Å². The molecule has 1 saturated heterocycles. The van der Waals surface area contributed by atoms with Crippen molar-refractivity contribution in [3.8, 4) is 11.5 Å². The average molecular weight is 381 g/mol. The summed E-state index contributed by atoms with van der Waals surface area (Å²) in [5, 5.41) is 3.28. The smallest absolute Gasteiger partial charge is 0.224 e. The van der Waals surface area contributed by atoms with E-state index in [1.165, 1.54) is 5.56 Å². The predicted molar refractivity (Wildman–Crippen MR) is 107 cm³/mol. The molecule has 2 aromatic carbocycles. The lowest BCUT2D eigenvalue weighted by Gasteiger charge is -2.48. The van der Waals surface area contributed by atoms with Gasteiger partial charge in [-0.2, -0.15) is 0 Å². The van der Waals surface area contributed by atoms with E-state index >= 15 is 0 Å². The Labute approximate surface area is 166 Å². The Morgan fingerprint density at radius 2 is 1.86 bits per heavy atom. The maximum Gasteiger partial charge on any atom is 0.224 e. The molecule has 4 unspecified atom stereocenters. The Balaban J connectivity index is 1.41. The van der Waals surface area contributed by atoms with E-state index in [0.29, 0.717) is 29.8 Å². The Morgan fingerprint density at radius 3 is 2.61 bits per heavy atom. The number of fused-ring (bicyclic) bond motifs is 1. The molecule has 1 amide bonds. The van der Waals surface area contributed by atoms with Crippen LogP contribution in [0.2, 0.25) is 0 Å². The van der Waals surface area contributed by atoms with Gasteiger partial charge in [-0.15, -0.1) is 0 Å². The van der Waals surface area contributed by atoms with Gasteiger partial charge in [-0.3, -0.25) is 4.79 Å².